The Morgan fingerprint density at radius 2 is 2.00 bits per heavy atom. The maximum absolute atomic E-state index is 12.0. The predicted molar refractivity (Wildman–Crippen MR) is 69.1 cm³/mol. The van der Waals surface area contributed by atoms with Crippen LogP contribution in [-0.2, 0) is 9.84 Å². The van der Waals surface area contributed by atoms with Crippen LogP contribution < -0.4 is 4.74 Å². The van der Waals surface area contributed by atoms with Gasteiger partial charge in [0, 0.05) is 11.8 Å². The Morgan fingerprint density at radius 3 is 2.56 bits per heavy atom. The number of hydrogen-bond donors (Lipinski definition) is 1. The normalized spacial score (nSPS) is 17.2. The van der Waals surface area contributed by atoms with Gasteiger partial charge in [0.05, 0.1) is 17.6 Å². The number of ether oxygens (including phenoxy) is 1. The quantitative estimate of drug-likeness (QED) is 0.910. The molecule has 1 heterocycles. The Balaban J connectivity index is 2.52. The third kappa shape index (κ3) is 2.42. The van der Waals surface area contributed by atoms with Crippen molar-refractivity contribution in [1.29, 1.82) is 0 Å². The van der Waals surface area contributed by atoms with Crippen LogP contribution in [0.4, 0.5) is 0 Å². The molecule has 0 spiro atoms. The molecule has 0 bridgehead atoms. The maximum Gasteiger partial charge on any atom is 0.200 e. The van der Waals surface area contributed by atoms with Crippen LogP contribution in [0.1, 0.15) is 25.8 Å². The van der Waals surface area contributed by atoms with Crippen molar-refractivity contribution in [2.45, 2.75) is 30.8 Å². The van der Waals surface area contributed by atoms with Crippen LogP contribution >= 0.6 is 0 Å². The van der Waals surface area contributed by atoms with Crippen LogP contribution in [-0.4, -0.2) is 26.2 Å². The third-order valence-electron chi connectivity index (χ3n) is 2.76. The first-order chi connectivity index (χ1) is 8.23. The summed E-state index contributed by atoms with van der Waals surface area (Å²) in [5.74, 6) is 0.509. The second kappa shape index (κ2) is 4.10. The third-order valence-corrected chi connectivity index (χ3v) is 4.31. The topological polar surface area (TPSA) is 63.6 Å². The van der Waals surface area contributed by atoms with E-state index in [9.17, 15) is 13.5 Å². The van der Waals surface area contributed by atoms with E-state index in [0.29, 0.717) is 23.3 Å². The van der Waals surface area contributed by atoms with Crippen LogP contribution in [0, 0.1) is 0 Å². The van der Waals surface area contributed by atoms with Crippen molar-refractivity contribution in [2.75, 3.05) is 7.11 Å². The van der Waals surface area contributed by atoms with Crippen molar-refractivity contribution in [1.82, 2.24) is 0 Å². The number of benzene rings is 1. The molecule has 2 rings (SSSR count). The zero-order valence-electron chi connectivity index (χ0n) is 10.6. The van der Waals surface area contributed by atoms with E-state index in [1.54, 1.807) is 26.0 Å². The van der Waals surface area contributed by atoms with Crippen molar-refractivity contribution in [3.63, 3.8) is 0 Å². The van der Waals surface area contributed by atoms with Gasteiger partial charge in [-0.05, 0) is 43.2 Å². The van der Waals surface area contributed by atoms with Crippen LogP contribution in [0.25, 0.3) is 5.57 Å². The minimum Gasteiger partial charge on any atom is -0.497 e. The molecule has 1 aliphatic rings. The minimum absolute atomic E-state index is 0.251. The van der Waals surface area contributed by atoms with Crippen molar-refractivity contribution in [3.8, 4) is 5.75 Å². The summed E-state index contributed by atoms with van der Waals surface area (Å²) in [6.45, 7) is 3.31. The Hall–Kier alpha value is -1.33. The van der Waals surface area contributed by atoms with Gasteiger partial charge in [-0.25, -0.2) is 8.42 Å². The standard InChI is InChI=1S/C13H16O4S/c1-13(2,14)7-9-8-18(15,16)12-6-10(17-3)4-5-11(9)12/h4-6,8,14H,7H2,1-3H3. The highest BCUT2D eigenvalue weighted by Crippen LogP contribution is 2.39. The summed E-state index contributed by atoms with van der Waals surface area (Å²) in [7, 11) is -1.92. The van der Waals surface area contributed by atoms with Crippen LogP contribution in [0.2, 0.25) is 0 Å². The Morgan fingerprint density at radius 1 is 1.33 bits per heavy atom. The highest BCUT2D eigenvalue weighted by atomic mass is 32.2. The lowest BCUT2D eigenvalue weighted by atomic mass is 9.95. The van der Waals surface area contributed by atoms with Gasteiger partial charge in [-0.2, -0.15) is 0 Å². The van der Waals surface area contributed by atoms with Crippen LogP contribution in [0.5, 0.6) is 5.75 Å². The maximum atomic E-state index is 12.0. The van der Waals surface area contributed by atoms with Gasteiger partial charge >= 0.3 is 0 Å². The van der Waals surface area contributed by atoms with E-state index in [0.717, 1.165) is 0 Å². The van der Waals surface area contributed by atoms with Gasteiger partial charge in [0.25, 0.3) is 0 Å². The van der Waals surface area contributed by atoms with Crippen molar-refractivity contribution < 1.29 is 18.3 Å². The summed E-state index contributed by atoms with van der Waals surface area (Å²) in [6, 6.07) is 4.95. The smallest absolute Gasteiger partial charge is 0.200 e. The van der Waals surface area contributed by atoms with Gasteiger partial charge in [0.1, 0.15) is 5.75 Å². The molecule has 98 valence electrons. The van der Waals surface area contributed by atoms with Gasteiger partial charge in [-0.15, -0.1) is 0 Å². The van der Waals surface area contributed by atoms with Crippen LogP contribution in [0.3, 0.4) is 0 Å². The lowest BCUT2D eigenvalue weighted by Crippen LogP contribution is -2.18. The molecule has 4 nitrogen and oxygen atoms in total. The Bertz CT molecular complexity index is 606. The molecule has 0 aliphatic carbocycles. The molecule has 0 unspecified atom stereocenters. The summed E-state index contributed by atoms with van der Waals surface area (Å²) in [4.78, 5) is 0.251. The summed E-state index contributed by atoms with van der Waals surface area (Å²) >= 11 is 0. The Kier molecular flexibility index (Phi) is 2.99. The molecule has 1 aromatic rings. The van der Waals surface area contributed by atoms with E-state index in [2.05, 4.69) is 0 Å². The number of aliphatic hydroxyl groups is 1. The van der Waals surface area contributed by atoms with Crippen molar-refractivity contribution >= 4 is 15.4 Å². The lowest BCUT2D eigenvalue weighted by Gasteiger charge is -2.17. The van der Waals surface area contributed by atoms with Gasteiger partial charge < -0.3 is 9.84 Å². The molecular weight excluding hydrogens is 252 g/mol. The van der Waals surface area contributed by atoms with E-state index < -0.39 is 15.4 Å². The molecule has 18 heavy (non-hydrogen) atoms. The average Bonchev–Trinajstić information content (AvgIpc) is 2.48. The zero-order valence-corrected chi connectivity index (χ0v) is 11.4. The summed E-state index contributed by atoms with van der Waals surface area (Å²) in [5, 5.41) is 11.0. The zero-order chi connectivity index (χ0) is 13.6. The first-order valence-electron chi connectivity index (χ1n) is 5.59. The molecule has 5 heteroatoms. The number of rotatable bonds is 3. The highest BCUT2D eigenvalue weighted by molar-refractivity contribution is 7.95. The van der Waals surface area contributed by atoms with Crippen LogP contribution in [0.15, 0.2) is 28.5 Å². The number of hydrogen-bond acceptors (Lipinski definition) is 4. The largest absolute Gasteiger partial charge is 0.497 e. The number of fused-ring (bicyclic) bond motifs is 1. The highest BCUT2D eigenvalue weighted by Gasteiger charge is 2.30. The summed E-state index contributed by atoms with van der Waals surface area (Å²) in [5.41, 5.74) is 0.348. The number of sulfone groups is 1. The molecule has 0 radical (unpaired) electrons. The number of methoxy groups -OCH3 is 1. The van der Waals surface area contributed by atoms with E-state index in [1.807, 2.05) is 0 Å². The van der Waals surface area contributed by atoms with Crippen molar-refractivity contribution in [3.05, 3.63) is 29.2 Å². The fourth-order valence-electron chi connectivity index (χ4n) is 2.05. The Labute approximate surface area is 107 Å². The van der Waals surface area contributed by atoms with Crippen molar-refractivity contribution in [2.24, 2.45) is 0 Å². The monoisotopic (exact) mass is 268 g/mol. The van der Waals surface area contributed by atoms with E-state index in [-0.39, 0.29) is 4.90 Å². The van der Waals surface area contributed by atoms with Gasteiger partial charge in [-0.3, -0.25) is 0 Å². The predicted octanol–water partition coefficient (Wildman–Crippen LogP) is 1.98. The summed E-state index contributed by atoms with van der Waals surface area (Å²) in [6.07, 6.45) is 0.297. The molecule has 0 saturated heterocycles. The second-order valence-electron chi connectivity index (χ2n) is 5.04. The minimum atomic E-state index is -3.41. The van der Waals surface area contributed by atoms with E-state index >= 15 is 0 Å². The average molecular weight is 268 g/mol. The van der Waals surface area contributed by atoms with Gasteiger partial charge in [-0.1, -0.05) is 0 Å². The molecule has 0 aromatic heterocycles. The molecule has 0 amide bonds. The molecule has 1 aromatic carbocycles. The first kappa shape index (κ1) is 13.1. The molecule has 0 atom stereocenters. The van der Waals surface area contributed by atoms with Gasteiger partial charge in [0.15, 0.2) is 0 Å². The van der Waals surface area contributed by atoms with E-state index in [1.165, 1.54) is 18.6 Å². The fourth-order valence-corrected chi connectivity index (χ4v) is 3.55. The molecule has 1 aliphatic heterocycles. The first-order valence-corrected chi connectivity index (χ1v) is 7.14. The lowest BCUT2D eigenvalue weighted by molar-refractivity contribution is 0.0864. The summed E-state index contributed by atoms with van der Waals surface area (Å²) < 4.78 is 29.0. The fraction of sp³-hybridized carbons (Fsp3) is 0.385. The molecule has 0 saturated carbocycles. The van der Waals surface area contributed by atoms with Gasteiger partial charge in [0.2, 0.25) is 9.84 Å². The molecular formula is C13H16O4S. The molecule has 1 N–H and O–H groups in total. The second-order valence-corrected chi connectivity index (χ2v) is 6.80. The van der Waals surface area contributed by atoms with E-state index in [4.69, 9.17) is 4.74 Å². The molecule has 0 fully saturated rings. The SMILES string of the molecule is COc1ccc2c(c1)S(=O)(=O)C=C2CC(C)(C)O.